The Bertz CT molecular complexity index is 936. The van der Waals surface area contributed by atoms with Crippen molar-refractivity contribution in [2.75, 3.05) is 0 Å². The number of carbonyl (C=O) groups is 6. The van der Waals surface area contributed by atoms with Crippen LogP contribution in [0.1, 0.15) is 38.3 Å². The summed E-state index contributed by atoms with van der Waals surface area (Å²) in [7, 11) is 0. The summed E-state index contributed by atoms with van der Waals surface area (Å²) in [5.41, 5.74) is 16.6. The number of hydrogen-bond donors (Lipinski definition) is 9. The number of aliphatic hydroxyl groups excluding tert-OH is 1. The number of aromatic nitrogens is 2. The molecular formula is C20H32N8O8. The van der Waals surface area contributed by atoms with Crippen LogP contribution in [-0.4, -0.2) is 86.0 Å². The number of aliphatic hydroxyl groups is 1. The van der Waals surface area contributed by atoms with Crippen molar-refractivity contribution in [2.45, 2.75) is 69.3 Å². The summed E-state index contributed by atoms with van der Waals surface area (Å²) in [6.45, 7) is 1.17. The number of nitrogens with one attached hydrogen (secondary N) is 4. The van der Waals surface area contributed by atoms with E-state index in [-0.39, 0.29) is 32.1 Å². The number of aliphatic carboxylic acids is 1. The van der Waals surface area contributed by atoms with Crippen molar-refractivity contribution in [1.82, 2.24) is 25.9 Å². The van der Waals surface area contributed by atoms with E-state index < -0.39 is 65.8 Å². The number of carboxylic acid groups (broad SMARTS) is 1. The first-order chi connectivity index (χ1) is 16.8. The molecule has 16 nitrogen and oxygen atoms in total. The lowest BCUT2D eigenvalue weighted by atomic mass is 10.1. The maximum absolute atomic E-state index is 12.9. The fraction of sp³-hybridized carbons (Fsp3) is 0.550. The second kappa shape index (κ2) is 14.4. The summed E-state index contributed by atoms with van der Waals surface area (Å²) < 4.78 is 0. The Balaban J connectivity index is 2.93. The van der Waals surface area contributed by atoms with Crippen molar-refractivity contribution in [3.8, 4) is 0 Å². The molecule has 16 heteroatoms. The predicted molar refractivity (Wildman–Crippen MR) is 122 cm³/mol. The van der Waals surface area contributed by atoms with Gasteiger partial charge in [0.2, 0.25) is 29.5 Å². The van der Waals surface area contributed by atoms with Crippen molar-refractivity contribution in [3.05, 3.63) is 18.2 Å². The maximum Gasteiger partial charge on any atom is 0.326 e. The number of aromatic amines is 1. The van der Waals surface area contributed by atoms with Crippen LogP contribution in [0.5, 0.6) is 0 Å². The number of carbonyl (C=O) groups excluding carboxylic acids is 5. The number of carboxylic acids is 1. The second-order valence-electron chi connectivity index (χ2n) is 8.08. The Morgan fingerprint density at radius 1 is 0.944 bits per heavy atom. The summed E-state index contributed by atoms with van der Waals surface area (Å²) in [5.74, 6) is -5.76. The summed E-state index contributed by atoms with van der Waals surface area (Å²) >= 11 is 0. The largest absolute Gasteiger partial charge is 0.480 e. The highest BCUT2D eigenvalue weighted by atomic mass is 16.4. The molecule has 0 fully saturated rings. The van der Waals surface area contributed by atoms with E-state index in [1.54, 1.807) is 0 Å². The Morgan fingerprint density at radius 2 is 1.50 bits per heavy atom. The third-order valence-electron chi connectivity index (χ3n) is 5.00. The molecule has 0 aliphatic heterocycles. The molecule has 0 aromatic carbocycles. The molecule has 1 heterocycles. The number of primary amides is 2. The monoisotopic (exact) mass is 512 g/mol. The van der Waals surface area contributed by atoms with Crippen LogP contribution in [0.15, 0.2) is 12.5 Å². The molecule has 5 atom stereocenters. The van der Waals surface area contributed by atoms with Crippen LogP contribution in [-0.2, 0) is 35.2 Å². The molecule has 5 unspecified atom stereocenters. The molecular weight excluding hydrogens is 480 g/mol. The third-order valence-corrected chi connectivity index (χ3v) is 5.00. The average molecular weight is 513 g/mol. The highest BCUT2D eigenvalue weighted by Gasteiger charge is 2.33. The van der Waals surface area contributed by atoms with E-state index in [4.69, 9.17) is 17.2 Å². The van der Waals surface area contributed by atoms with Crippen LogP contribution >= 0.6 is 0 Å². The minimum absolute atomic E-state index is 0.0660. The molecule has 0 saturated carbocycles. The summed E-state index contributed by atoms with van der Waals surface area (Å²) in [5, 5.41) is 26.0. The lowest BCUT2D eigenvalue weighted by molar-refractivity contribution is -0.143. The minimum atomic E-state index is -1.64. The quantitative estimate of drug-likeness (QED) is 0.103. The highest BCUT2D eigenvalue weighted by molar-refractivity contribution is 5.94. The molecule has 0 saturated heterocycles. The van der Waals surface area contributed by atoms with E-state index in [2.05, 4.69) is 25.9 Å². The van der Waals surface area contributed by atoms with Crippen LogP contribution in [0.2, 0.25) is 0 Å². The number of nitrogens with two attached hydrogens (primary N) is 3. The molecule has 1 aromatic heterocycles. The van der Waals surface area contributed by atoms with Crippen molar-refractivity contribution < 1.29 is 39.0 Å². The van der Waals surface area contributed by atoms with Gasteiger partial charge in [0.1, 0.15) is 18.1 Å². The number of nitrogens with zero attached hydrogens (tertiary/aromatic N) is 1. The molecule has 5 amide bonds. The molecule has 0 radical (unpaired) electrons. The van der Waals surface area contributed by atoms with E-state index in [0.717, 1.165) is 0 Å². The second-order valence-corrected chi connectivity index (χ2v) is 8.08. The van der Waals surface area contributed by atoms with Crippen LogP contribution in [0.4, 0.5) is 0 Å². The van der Waals surface area contributed by atoms with Crippen LogP contribution in [0.25, 0.3) is 0 Å². The molecule has 1 rings (SSSR count). The van der Waals surface area contributed by atoms with E-state index >= 15 is 0 Å². The van der Waals surface area contributed by atoms with E-state index in [1.165, 1.54) is 19.4 Å². The fourth-order valence-electron chi connectivity index (χ4n) is 3.02. The van der Waals surface area contributed by atoms with Gasteiger partial charge in [-0.15, -0.1) is 0 Å². The molecule has 0 aliphatic rings. The van der Waals surface area contributed by atoms with Gasteiger partial charge >= 0.3 is 5.97 Å². The first kappa shape index (κ1) is 30.0. The van der Waals surface area contributed by atoms with Gasteiger partial charge in [-0.05, 0) is 19.8 Å². The molecule has 36 heavy (non-hydrogen) atoms. The van der Waals surface area contributed by atoms with Gasteiger partial charge in [-0.3, -0.25) is 24.0 Å². The van der Waals surface area contributed by atoms with Crippen molar-refractivity contribution in [3.63, 3.8) is 0 Å². The SMILES string of the molecule is CC(O)C(NC(=O)C(CCC(N)=O)NC(=O)C(N)Cc1cnc[nH]1)C(=O)NC(CCC(N)=O)C(=O)O. The Morgan fingerprint density at radius 3 is 1.97 bits per heavy atom. The van der Waals surface area contributed by atoms with Gasteiger partial charge < -0.3 is 48.3 Å². The minimum Gasteiger partial charge on any atom is -0.480 e. The smallest absolute Gasteiger partial charge is 0.326 e. The van der Waals surface area contributed by atoms with E-state index in [9.17, 15) is 39.0 Å². The van der Waals surface area contributed by atoms with Crippen LogP contribution < -0.4 is 33.2 Å². The summed E-state index contributed by atoms with van der Waals surface area (Å²) in [4.78, 5) is 78.2. The average Bonchev–Trinajstić information content (AvgIpc) is 3.29. The van der Waals surface area contributed by atoms with E-state index in [0.29, 0.717) is 5.69 Å². The zero-order chi connectivity index (χ0) is 27.4. The van der Waals surface area contributed by atoms with Gasteiger partial charge in [-0.1, -0.05) is 0 Å². The van der Waals surface area contributed by atoms with Gasteiger partial charge in [-0.2, -0.15) is 0 Å². The normalized spacial score (nSPS) is 15.0. The lowest BCUT2D eigenvalue weighted by Gasteiger charge is -2.26. The van der Waals surface area contributed by atoms with Crippen LogP contribution in [0.3, 0.4) is 0 Å². The van der Waals surface area contributed by atoms with Gasteiger partial charge in [0.15, 0.2) is 0 Å². The fourth-order valence-corrected chi connectivity index (χ4v) is 3.02. The Labute approximate surface area is 205 Å². The van der Waals surface area contributed by atoms with Crippen molar-refractivity contribution in [1.29, 1.82) is 0 Å². The molecule has 1 aromatic rings. The molecule has 0 spiro atoms. The first-order valence-electron chi connectivity index (χ1n) is 10.9. The zero-order valence-electron chi connectivity index (χ0n) is 19.6. The predicted octanol–water partition coefficient (Wildman–Crippen LogP) is -4.27. The van der Waals surface area contributed by atoms with Crippen molar-refractivity contribution >= 4 is 35.5 Å². The third kappa shape index (κ3) is 10.5. The topological polar surface area (TPSA) is 286 Å². The number of hydrogen-bond acceptors (Lipinski definition) is 9. The zero-order valence-corrected chi connectivity index (χ0v) is 19.6. The number of H-pyrrole nitrogens is 1. The Hall–Kier alpha value is -4.05. The summed E-state index contributed by atoms with van der Waals surface area (Å²) in [6, 6.07) is -5.61. The summed E-state index contributed by atoms with van der Waals surface area (Å²) in [6.07, 6.45) is 0.246. The van der Waals surface area contributed by atoms with Gasteiger partial charge in [0.05, 0.1) is 18.5 Å². The Kier molecular flexibility index (Phi) is 12.0. The maximum atomic E-state index is 12.9. The number of imidazole rings is 1. The van der Waals surface area contributed by atoms with E-state index in [1.807, 2.05) is 0 Å². The van der Waals surface area contributed by atoms with Gasteiger partial charge in [0.25, 0.3) is 0 Å². The first-order valence-corrected chi connectivity index (χ1v) is 10.9. The highest BCUT2D eigenvalue weighted by Crippen LogP contribution is 2.05. The standard InChI is InChI=1S/C20H32N8O8/c1-9(29)16(19(34)27-13(20(35)36)3-5-15(23)31)28-18(33)12(2-4-14(22)30)26-17(32)11(21)6-10-7-24-8-25-10/h7-9,11-13,16,29H,2-6,21H2,1H3,(H2,22,30)(H2,23,31)(H,24,25)(H,26,32)(H,27,34)(H,28,33)(H,35,36). The molecule has 0 aliphatic carbocycles. The number of rotatable bonds is 16. The number of amides is 5. The molecule has 12 N–H and O–H groups in total. The van der Waals surface area contributed by atoms with Gasteiger partial charge in [-0.25, -0.2) is 9.78 Å². The lowest BCUT2D eigenvalue weighted by Crippen LogP contribution is -2.60. The van der Waals surface area contributed by atoms with Crippen LogP contribution in [0, 0.1) is 0 Å². The molecule has 200 valence electrons. The van der Waals surface area contributed by atoms with Crippen molar-refractivity contribution in [2.24, 2.45) is 17.2 Å². The van der Waals surface area contributed by atoms with Gasteiger partial charge in [0, 0.05) is 31.2 Å². The molecule has 0 bridgehead atoms.